The Morgan fingerprint density at radius 1 is 1.44 bits per heavy atom. The first-order valence-corrected chi connectivity index (χ1v) is 5.89. The van der Waals surface area contributed by atoms with E-state index in [-0.39, 0.29) is 6.61 Å². The van der Waals surface area contributed by atoms with Crippen molar-refractivity contribution < 1.29 is 5.11 Å². The zero-order valence-corrected chi connectivity index (χ0v) is 10.6. The number of nitrogens with zero attached hydrogens (tertiary/aromatic N) is 2. The molecule has 0 aliphatic heterocycles. The SMILES string of the molecule is Cn1cc(CCO)nc1-c1cccc(Br)c1. The minimum absolute atomic E-state index is 0.134. The first-order valence-electron chi connectivity index (χ1n) is 5.10. The predicted molar refractivity (Wildman–Crippen MR) is 67.1 cm³/mol. The summed E-state index contributed by atoms with van der Waals surface area (Å²) in [4.78, 5) is 4.49. The van der Waals surface area contributed by atoms with Crippen molar-refractivity contribution in [3.8, 4) is 11.4 Å². The Morgan fingerprint density at radius 2 is 2.25 bits per heavy atom. The van der Waals surface area contributed by atoms with Crippen LogP contribution in [0.3, 0.4) is 0 Å². The highest BCUT2D eigenvalue weighted by atomic mass is 79.9. The van der Waals surface area contributed by atoms with Crippen molar-refractivity contribution in [3.05, 3.63) is 40.6 Å². The zero-order valence-electron chi connectivity index (χ0n) is 9.02. The molecule has 16 heavy (non-hydrogen) atoms. The molecule has 0 aliphatic rings. The second kappa shape index (κ2) is 4.80. The summed E-state index contributed by atoms with van der Waals surface area (Å²) >= 11 is 3.44. The summed E-state index contributed by atoms with van der Waals surface area (Å²) in [6.45, 7) is 0.134. The molecular weight excluding hydrogens is 268 g/mol. The highest BCUT2D eigenvalue weighted by molar-refractivity contribution is 9.10. The van der Waals surface area contributed by atoms with Gasteiger partial charge in [0.1, 0.15) is 5.82 Å². The Morgan fingerprint density at radius 3 is 2.94 bits per heavy atom. The number of imidazole rings is 1. The number of aromatic nitrogens is 2. The van der Waals surface area contributed by atoms with E-state index in [2.05, 4.69) is 20.9 Å². The van der Waals surface area contributed by atoms with Crippen LogP contribution in [0.2, 0.25) is 0 Å². The monoisotopic (exact) mass is 280 g/mol. The molecule has 1 aromatic heterocycles. The van der Waals surface area contributed by atoms with Gasteiger partial charge in [0.25, 0.3) is 0 Å². The maximum absolute atomic E-state index is 8.88. The number of aryl methyl sites for hydroxylation is 1. The van der Waals surface area contributed by atoms with Gasteiger partial charge in [-0.15, -0.1) is 0 Å². The molecular formula is C12H13BrN2O. The maximum atomic E-state index is 8.88. The molecule has 0 unspecified atom stereocenters. The first-order chi connectivity index (χ1) is 7.70. The van der Waals surface area contributed by atoms with E-state index >= 15 is 0 Å². The number of rotatable bonds is 3. The van der Waals surface area contributed by atoms with Crippen LogP contribution in [0.4, 0.5) is 0 Å². The van der Waals surface area contributed by atoms with Gasteiger partial charge in [-0.2, -0.15) is 0 Å². The Hall–Kier alpha value is -1.13. The van der Waals surface area contributed by atoms with Crippen LogP contribution < -0.4 is 0 Å². The third kappa shape index (κ3) is 2.33. The molecule has 4 heteroatoms. The van der Waals surface area contributed by atoms with E-state index in [1.54, 1.807) is 0 Å². The predicted octanol–water partition coefficient (Wildman–Crippen LogP) is 2.38. The van der Waals surface area contributed by atoms with Gasteiger partial charge in [0.05, 0.1) is 5.69 Å². The van der Waals surface area contributed by atoms with Crippen molar-refractivity contribution in [2.24, 2.45) is 7.05 Å². The van der Waals surface area contributed by atoms with Crippen LogP contribution >= 0.6 is 15.9 Å². The van der Waals surface area contributed by atoms with Crippen LogP contribution in [-0.4, -0.2) is 21.3 Å². The standard InChI is InChI=1S/C12H13BrN2O/c1-15-8-11(5-6-16)14-12(15)9-3-2-4-10(13)7-9/h2-4,7-8,16H,5-6H2,1H3. The van der Waals surface area contributed by atoms with E-state index in [1.165, 1.54) is 0 Å². The van der Waals surface area contributed by atoms with Gasteiger partial charge in [-0.1, -0.05) is 28.1 Å². The van der Waals surface area contributed by atoms with Gasteiger partial charge in [-0.05, 0) is 12.1 Å². The van der Waals surface area contributed by atoms with E-state index in [1.807, 2.05) is 42.1 Å². The molecule has 0 saturated heterocycles. The van der Waals surface area contributed by atoms with Crippen molar-refractivity contribution in [1.29, 1.82) is 0 Å². The van der Waals surface area contributed by atoms with E-state index in [0.717, 1.165) is 21.6 Å². The molecule has 0 radical (unpaired) electrons. The number of hydrogen-bond acceptors (Lipinski definition) is 2. The molecule has 2 aromatic rings. The van der Waals surface area contributed by atoms with Crippen molar-refractivity contribution in [2.75, 3.05) is 6.61 Å². The summed E-state index contributed by atoms with van der Waals surface area (Å²) in [5, 5.41) is 8.88. The molecule has 0 amide bonds. The quantitative estimate of drug-likeness (QED) is 0.938. The first kappa shape index (κ1) is 11.4. The summed E-state index contributed by atoms with van der Waals surface area (Å²) in [7, 11) is 1.96. The highest BCUT2D eigenvalue weighted by Crippen LogP contribution is 2.22. The number of halogens is 1. The molecule has 0 spiro atoms. The smallest absolute Gasteiger partial charge is 0.140 e. The van der Waals surface area contributed by atoms with Gasteiger partial charge >= 0.3 is 0 Å². The van der Waals surface area contributed by atoms with Crippen LogP contribution in [0.25, 0.3) is 11.4 Å². The molecule has 2 rings (SSSR count). The number of benzene rings is 1. The Balaban J connectivity index is 2.40. The van der Waals surface area contributed by atoms with E-state index < -0.39 is 0 Å². The van der Waals surface area contributed by atoms with Crippen LogP contribution in [0.1, 0.15) is 5.69 Å². The van der Waals surface area contributed by atoms with Crippen LogP contribution in [-0.2, 0) is 13.5 Å². The average molecular weight is 281 g/mol. The summed E-state index contributed by atoms with van der Waals surface area (Å²) in [5.74, 6) is 0.921. The molecule has 3 nitrogen and oxygen atoms in total. The molecule has 84 valence electrons. The van der Waals surface area contributed by atoms with Gasteiger partial charge < -0.3 is 9.67 Å². The summed E-state index contributed by atoms with van der Waals surface area (Å²) in [5.41, 5.74) is 1.99. The summed E-state index contributed by atoms with van der Waals surface area (Å²) in [6, 6.07) is 8.03. The third-order valence-electron chi connectivity index (χ3n) is 2.38. The molecule has 1 N–H and O–H groups in total. The highest BCUT2D eigenvalue weighted by Gasteiger charge is 2.07. The third-order valence-corrected chi connectivity index (χ3v) is 2.87. The maximum Gasteiger partial charge on any atom is 0.140 e. The molecule has 0 fully saturated rings. The number of hydrogen-bond donors (Lipinski definition) is 1. The van der Waals surface area contributed by atoms with Crippen molar-refractivity contribution >= 4 is 15.9 Å². The topological polar surface area (TPSA) is 38.0 Å². The normalized spacial score (nSPS) is 10.7. The van der Waals surface area contributed by atoms with Crippen molar-refractivity contribution in [3.63, 3.8) is 0 Å². The lowest BCUT2D eigenvalue weighted by Crippen LogP contribution is -1.90. The van der Waals surface area contributed by atoms with Gasteiger partial charge in [0.15, 0.2) is 0 Å². The van der Waals surface area contributed by atoms with Gasteiger partial charge in [-0.25, -0.2) is 4.98 Å². The van der Waals surface area contributed by atoms with Gasteiger partial charge in [0.2, 0.25) is 0 Å². The lowest BCUT2D eigenvalue weighted by molar-refractivity contribution is 0.298. The van der Waals surface area contributed by atoms with E-state index in [4.69, 9.17) is 5.11 Å². The van der Waals surface area contributed by atoms with Crippen molar-refractivity contribution in [1.82, 2.24) is 9.55 Å². The van der Waals surface area contributed by atoms with Gasteiger partial charge in [0, 0.05) is 36.3 Å². The van der Waals surface area contributed by atoms with E-state index in [0.29, 0.717) is 6.42 Å². The van der Waals surface area contributed by atoms with Crippen LogP contribution in [0.15, 0.2) is 34.9 Å². The second-order valence-corrected chi connectivity index (χ2v) is 4.57. The van der Waals surface area contributed by atoms with Crippen LogP contribution in [0, 0.1) is 0 Å². The fourth-order valence-electron chi connectivity index (χ4n) is 1.66. The molecule has 0 aliphatic carbocycles. The molecule has 1 aromatic carbocycles. The minimum Gasteiger partial charge on any atom is -0.396 e. The van der Waals surface area contributed by atoms with E-state index in [9.17, 15) is 0 Å². The van der Waals surface area contributed by atoms with Gasteiger partial charge in [-0.3, -0.25) is 0 Å². The molecule has 0 bridgehead atoms. The van der Waals surface area contributed by atoms with Crippen LogP contribution in [0.5, 0.6) is 0 Å². The molecule has 0 saturated carbocycles. The average Bonchev–Trinajstić information content (AvgIpc) is 2.60. The fourth-order valence-corrected chi connectivity index (χ4v) is 2.06. The summed E-state index contributed by atoms with van der Waals surface area (Å²) in [6.07, 6.45) is 2.55. The molecule has 1 heterocycles. The van der Waals surface area contributed by atoms with Crippen molar-refractivity contribution in [2.45, 2.75) is 6.42 Å². The number of aliphatic hydroxyl groups excluding tert-OH is 1. The lowest BCUT2D eigenvalue weighted by Gasteiger charge is -2.01. The Kier molecular flexibility index (Phi) is 3.41. The summed E-state index contributed by atoms with van der Waals surface area (Å²) < 4.78 is 3.02. The largest absolute Gasteiger partial charge is 0.396 e. The zero-order chi connectivity index (χ0) is 11.5. The Bertz CT molecular complexity index is 494. The Labute approximate surface area is 103 Å². The minimum atomic E-state index is 0.134. The fraction of sp³-hybridized carbons (Fsp3) is 0.250. The second-order valence-electron chi connectivity index (χ2n) is 3.65. The lowest BCUT2D eigenvalue weighted by atomic mass is 10.2. The molecule has 0 atom stereocenters. The number of aliphatic hydroxyl groups is 1.